The van der Waals surface area contributed by atoms with Crippen LogP contribution in [0, 0.1) is 0 Å². The Hall–Kier alpha value is -0.680. The maximum atomic E-state index is 9.40. The van der Waals surface area contributed by atoms with E-state index < -0.39 is 5.60 Å². The van der Waals surface area contributed by atoms with E-state index in [1.165, 1.54) is 11.3 Å². The molecule has 1 N–H and O–H groups in total. The van der Waals surface area contributed by atoms with E-state index in [-0.39, 0.29) is 0 Å². The first-order chi connectivity index (χ1) is 5.17. The molecule has 0 saturated carbocycles. The van der Waals surface area contributed by atoms with Crippen molar-refractivity contribution < 1.29 is 5.11 Å². The van der Waals surface area contributed by atoms with Crippen molar-refractivity contribution in [2.75, 3.05) is 18.0 Å². The third-order valence-electron chi connectivity index (χ3n) is 1.68. The van der Waals surface area contributed by atoms with Gasteiger partial charge >= 0.3 is 0 Å². The average molecular weight is 171 g/mol. The molecular weight excluding hydrogens is 162 g/mol. The fourth-order valence-corrected chi connectivity index (χ4v) is 1.78. The minimum absolute atomic E-state index is 0.522. The van der Waals surface area contributed by atoms with Crippen LogP contribution < -0.4 is 4.90 Å². The molecule has 0 amide bonds. The number of hydrogen-bond donors (Lipinski definition) is 1. The molecule has 0 radical (unpaired) electrons. The number of anilines is 1. The smallest absolute Gasteiger partial charge is 0.208 e. The number of rotatable bonds is 1. The van der Waals surface area contributed by atoms with E-state index in [0.29, 0.717) is 13.1 Å². The molecule has 1 aliphatic rings. The van der Waals surface area contributed by atoms with Gasteiger partial charge in [0.2, 0.25) is 5.13 Å². The number of nitrogens with zero attached hydrogens (tertiary/aromatic N) is 3. The largest absolute Gasteiger partial charge is 0.386 e. The van der Waals surface area contributed by atoms with Crippen LogP contribution in [0.1, 0.15) is 6.92 Å². The second-order valence-corrected chi connectivity index (χ2v) is 3.89. The molecule has 2 rings (SSSR count). The van der Waals surface area contributed by atoms with Crippen LogP contribution >= 0.6 is 11.3 Å². The Bertz CT molecular complexity index is 238. The number of aliphatic hydroxyl groups is 1. The molecule has 1 aliphatic heterocycles. The third-order valence-corrected chi connectivity index (χ3v) is 2.43. The predicted octanol–water partition coefficient (Wildman–Crippen LogP) is 0.109. The lowest BCUT2D eigenvalue weighted by Gasteiger charge is -2.43. The van der Waals surface area contributed by atoms with Gasteiger partial charge in [-0.05, 0) is 6.92 Å². The second-order valence-electron chi connectivity index (χ2n) is 3.07. The summed E-state index contributed by atoms with van der Waals surface area (Å²) in [6.45, 7) is 3.16. The van der Waals surface area contributed by atoms with Gasteiger partial charge in [0.1, 0.15) is 5.51 Å². The topological polar surface area (TPSA) is 49.2 Å². The lowest BCUT2D eigenvalue weighted by molar-refractivity contribution is 0.0309. The van der Waals surface area contributed by atoms with Crippen molar-refractivity contribution in [3.63, 3.8) is 0 Å². The zero-order valence-electron chi connectivity index (χ0n) is 6.19. The highest BCUT2D eigenvalue weighted by Crippen LogP contribution is 2.27. The maximum absolute atomic E-state index is 9.40. The first-order valence-corrected chi connectivity index (χ1v) is 4.29. The minimum atomic E-state index is -0.522. The lowest BCUT2D eigenvalue weighted by atomic mass is 9.98. The SMILES string of the molecule is CC1(O)CN(c2nncs2)C1. The van der Waals surface area contributed by atoms with Gasteiger partial charge in [-0.15, -0.1) is 10.2 Å². The van der Waals surface area contributed by atoms with Crippen LogP contribution in [0.25, 0.3) is 0 Å². The zero-order chi connectivity index (χ0) is 7.90. The summed E-state index contributed by atoms with van der Waals surface area (Å²) in [4.78, 5) is 2.01. The van der Waals surface area contributed by atoms with Crippen LogP contribution in [-0.2, 0) is 0 Å². The maximum Gasteiger partial charge on any atom is 0.208 e. The van der Waals surface area contributed by atoms with Gasteiger partial charge in [0.25, 0.3) is 0 Å². The highest BCUT2D eigenvalue weighted by atomic mass is 32.1. The van der Waals surface area contributed by atoms with Crippen molar-refractivity contribution in [1.29, 1.82) is 0 Å². The van der Waals surface area contributed by atoms with Gasteiger partial charge < -0.3 is 10.0 Å². The molecule has 0 aromatic carbocycles. The summed E-state index contributed by atoms with van der Waals surface area (Å²) in [5.74, 6) is 0. The summed E-state index contributed by atoms with van der Waals surface area (Å²) >= 11 is 1.50. The van der Waals surface area contributed by atoms with E-state index in [0.717, 1.165) is 5.13 Å². The van der Waals surface area contributed by atoms with Crippen molar-refractivity contribution >= 4 is 16.5 Å². The highest BCUT2D eigenvalue weighted by Gasteiger charge is 2.37. The Morgan fingerprint density at radius 3 is 2.91 bits per heavy atom. The van der Waals surface area contributed by atoms with E-state index in [4.69, 9.17) is 0 Å². The Balaban J connectivity index is 2.03. The molecule has 0 unspecified atom stereocenters. The highest BCUT2D eigenvalue weighted by molar-refractivity contribution is 7.13. The van der Waals surface area contributed by atoms with Crippen LogP contribution in [0.15, 0.2) is 5.51 Å². The Labute approximate surface area is 68.5 Å². The molecule has 1 fully saturated rings. The standard InChI is InChI=1S/C6H9N3OS/c1-6(10)2-9(3-6)5-8-7-4-11-5/h4,10H,2-3H2,1H3. The van der Waals surface area contributed by atoms with Crippen molar-refractivity contribution in [2.45, 2.75) is 12.5 Å². The van der Waals surface area contributed by atoms with Crippen LogP contribution in [0.3, 0.4) is 0 Å². The fraction of sp³-hybridized carbons (Fsp3) is 0.667. The van der Waals surface area contributed by atoms with Gasteiger partial charge in [0.05, 0.1) is 18.7 Å². The van der Waals surface area contributed by atoms with E-state index in [2.05, 4.69) is 10.2 Å². The van der Waals surface area contributed by atoms with Crippen LogP contribution in [0.2, 0.25) is 0 Å². The van der Waals surface area contributed by atoms with Gasteiger partial charge in [0, 0.05) is 0 Å². The lowest BCUT2D eigenvalue weighted by Crippen LogP contribution is -2.60. The molecular formula is C6H9N3OS. The number of aromatic nitrogens is 2. The van der Waals surface area contributed by atoms with Gasteiger partial charge in [-0.3, -0.25) is 0 Å². The molecule has 0 aliphatic carbocycles. The molecule has 0 atom stereocenters. The first-order valence-electron chi connectivity index (χ1n) is 3.41. The second kappa shape index (κ2) is 2.15. The van der Waals surface area contributed by atoms with Gasteiger partial charge in [0.15, 0.2) is 0 Å². The summed E-state index contributed by atoms with van der Waals surface area (Å²) in [6.07, 6.45) is 0. The molecule has 5 heteroatoms. The van der Waals surface area contributed by atoms with Crippen molar-refractivity contribution in [3.05, 3.63) is 5.51 Å². The minimum Gasteiger partial charge on any atom is -0.386 e. The molecule has 1 aromatic heterocycles. The Kier molecular flexibility index (Phi) is 1.37. The molecule has 0 bridgehead atoms. The van der Waals surface area contributed by atoms with E-state index in [1.807, 2.05) is 11.8 Å². The molecule has 4 nitrogen and oxygen atoms in total. The third kappa shape index (κ3) is 1.21. The summed E-state index contributed by atoms with van der Waals surface area (Å²) in [5, 5.41) is 17.9. The summed E-state index contributed by atoms with van der Waals surface area (Å²) in [6, 6.07) is 0. The monoisotopic (exact) mass is 171 g/mol. The average Bonchev–Trinajstić information content (AvgIpc) is 2.32. The van der Waals surface area contributed by atoms with E-state index >= 15 is 0 Å². The molecule has 1 saturated heterocycles. The quantitative estimate of drug-likeness (QED) is 0.651. The normalized spacial score (nSPS) is 21.5. The van der Waals surface area contributed by atoms with Crippen LogP contribution in [-0.4, -0.2) is 34.0 Å². The van der Waals surface area contributed by atoms with Crippen molar-refractivity contribution in [3.8, 4) is 0 Å². The summed E-state index contributed by atoms with van der Waals surface area (Å²) in [5.41, 5.74) is 1.17. The van der Waals surface area contributed by atoms with Crippen LogP contribution in [0.5, 0.6) is 0 Å². The van der Waals surface area contributed by atoms with Crippen molar-refractivity contribution in [2.24, 2.45) is 0 Å². The fourth-order valence-electron chi connectivity index (χ4n) is 1.22. The van der Waals surface area contributed by atoms with Gasteiger partial charge in [-0.1, -0.05) is 11.3 Å². The summed E-state index contributed by atoms with van der Waals surface area (Å²) in [7, 11) is 0. The van der Waals surface area contributed by atoms with Crippen molar-refractivity contribution in [1.82, 2.24) is 10.2 Å². The zero-order valence-corrected chi connectivity index (χ0v) is 7.01. The van der Waals surface area contributed by atoms with E-state index in [9.17, 15) is 5.11 Å². The molecule has 60 valence electrons. The molecule has 11 heavy (non-hydrogen) atoms. The molecule has 1 aromatic rings. The predicted molar refractivity (Wildman–Crippen MR) is 42.7 cm³/mol. The Morgan fingerprint density at radius 2 is 2.45 bits per heavy atom. The Morgan fingerprint density at radius 1 is 1.73 bits per heavy atom. The number of hydrogen-bond acceptors (Lipinski definition) is 5. The molecule has 0 spiro atoms. The summed E-state index contributed by atoms with van der Waals surface area (Å²) < 4.78 is 0. The number of β-amino-alcohol motifs (C(OH)–C–C–N with tert-alkyl or cyclic N) is 1. The van der Waals surface area contributed by atoms with Gasteiger partial charge in [-0.2, -0.15) is 0 Å². The van der Waals surface area contributed by atoms with E-state index in [1.54, 1.807) is 5.51 Å². The molecule has 2 heterocycles. The van der Waals surface area contributed by atoms with Gasteiger partial charge in [-0.25, -0.2) is 0 Å². The van der Waals surface area contributed by atoms with Crippen LogP contribution in [0.4, 0.5) is 5.13 Å². The first kappa shape index (κ1) is 7.00.